The zero-order valence-electron chi connectivity index (χ0n) is 37.4. The number of aliphatic hydroxyl groups is 1. The van der Waals surface area contributed by atoms with Gasteiger partial charge in [-0.2, -0.15) is 0 Å². The number of phosphoric acid groups is 1. The van der Waals surface area contributed by atoms with E-state index in [9.17, 15) is 19.4 Å². The van der Waals surface area contributed by atoms with E-state index in [4.69, 9.17) is 18.5 Å². The Morgan fingerprint density at radius 2 is 1.07 bits per heavy atom. The molecule has 0 aliphatic rings. The van der Waals surface area contributed by atoms with Gasteiger partial charge in [-0.3, -0.25) is 13.8 Å². The molecule has 0 bridgehead atoms. The molecule has 58 heavy (non-hydrogen) atoms. The summed E-state index contributed by atoms with van der Waals surface area (Å²) in [6, 6.07) is 0. The highest BCUT2D eigenvalue weighted by atomic mass is 31.2. The molecule has 0 aliphatic heterocycles. The van der Waals surface area contributed by atoms with Crippen molar-refractivity contribution in [3.63, 3.8) is 0 Å². The van der Waals surface area contributed by atoms with Crippen LogP contribution in [0.5, 0.6) is 0 Å². The largest absolute Gasteiger partial charge is 0.472 e. The van der Waals surface area contributed by atoms with Crippen LogP contribution in [0.1, 0.15) is 149 Å². The number of ether oxygens (including phenoxy) is 2. The molecule has 3 atom stereocenters. The average Bonchev–Trinajstić information content (AvgIpc) is 3.16. The lowest BCUT2D eigenvalue weighted by molar-refractivity contribution is -0.870. The van der Waals surface area contributed by atoms with Gasteiger partial charge in [-0.05, 0) is 77.6 Å². The Labute approximate surface area is 355 Å². The lowest BCUT2D eigenvalue weighted by atomic mass is 10.1. The predicted octanol–water partition coefficient (Wildman–Crippen LogP) is 12.2. The summed E-state index contributed by atoms with van der Waals surface area (Å²) in [4.78, 5) is 22.9. The number of rotatable bonds is 40. The van der Waals surface area contributed by atoms with Crippen molar-refractivity contribution in [2.24, 2.45) is 0 Å². The molecule has 2 N–H and O–H groups in total. The fraction of sp³-hybridized carbons (Fsp3) is 0.688. The van der Waals surface area contributed by atoms with Crippen LogP contribution in [0.2, 0.25) is 0 Å². The van der Waals surface area contributed by atoms with Crippen molar-refractivity contribution in [2.75, 3.05) is 54.1 Å². The summed E-state index contributed by atoms with van der Waals surface area (Å²) in [7, 11) is 1.59. The van der Waals surface area contributed by atoms with E-state index in [1.165, 1.54) is 70.6 Å². The molecule has 0 rings (SSSR count). The van der Waals surface area contributed by atoms with Crippen LogP contribution < -0.4 is 0 Å². The fourth-order valence-electron chi connectivity index (χ4n) is 5.53. The highest BCUT2D eigenvalue weighted by Gasteiger charge is 2.26. The van der Waals surface area contributed by atoms with Crippen molar-refractivity contribution in [3.8, 4) is 0 Å². The number of carbonyl (C=O) groups excluding carboxylic acids is 1. The summed E-state index contributed by atoms with van der Waals surface area (Å²) in [6.45, 7) is 4.93. The Balaban J connectivity index is 4.39. The lowest BCUT2D eigenvalue weighted by Gasteiger charge is -2.24. The maximum atomic E-state index is 12.7. The van der Waals surface area contributed by atoms with Gasteiger partial charge in [0.25, 0.3) is 0 Å². The number of quaternary nitrogens is 1. The first-order valence-electron chi connectivity index (χ1n) is 22.4. The van der Waals surface area contributed by atoms with Gasteiger partial charge in [0.1, 0.15) is 19.3 Å². The fourth-order valence-corrected chi connectivity index (χ4v) is 6.27. The van der Waals surface area contributed by atoms with E-state index in [2.05, 4.69) is 67.7 Å². The third kappa shape index (κ3) is 44.7. The minimum atomic E-state index is -4.31. The van der Waals surface area contributed by atoms with Crippen molar-refractivity contribution < 1.29 is 42.4 Å². The predicted molar refractivity (Wildman–Crippen MR) is 244 cm³/mol. The van der Waals surface area contributed by atoms with Crippen molar-refractivity contribution in [1.82, 2.24) is 0 Å². The van der Waals surface area contributed by atoms with Crippen molar-refractivity contribution in [2.45, 2.75) is 161 Å². The normalized spacial score (nSPS) is 15.1. The summed E-state index contributed by atoms with van der Waals surface area (Å²) < 4.78 is 34.9. The molecule has 9 nitrogen and oxygen atoms in total. The van der Waals surface area contributed by atoms with E-state index in [-0.39, 0.29) is 26.2 Å². The van der Waals surface area contributed by atoms with Gasteiger partial charge in [0.15, 0.2) is 0 Å². The van der Waals surface area contributed by atoms with E-state index in [0.29, 0.717) is 24.1 Å². The van der Waals surface area contributed by atoms with E-state index in [0.717, 1.165) is 51.4 Å². The zero-order chi connectivity index (χ0) is 42.8. The monoisotopic (exact) mass is 835 g/mol. The topological polar surface area (TPSA) is 112 Å². The summed E-state index contributed by atoms with van der Waals surface area (Å²) in [5.41, 5.74) is 0. The van der Waals surface area contributed by atoms with Gasteiger partial charge >= 0.3 is 13.8 Å². The highest BCUT2D eigenvalue weighted by molar-refractivity contribution is 7.47. The molecule has 0 radical (unpaired) electrons. The summed E-state index contributed by atoms with van der Waals surface area (Å²) >= 11 is 0. The third-order valence-electron chi connectivity index (χ3n) is 8.97. The maximum absolute atomic E-state index is 12.7. The number of unbranched alkanes of at least 4 members (excludes halogenated alkanes) is 12. The summed E-state index contributed by atoms with van der Waals surface area (Å²) in [5, 5.41) is 9.19. The Bertz CT molecular complexity index is 1210. The van der Waals surface area contributed by atoms with Gasteiger partial charge in [-0.15, -0.1) is 0 Å². The first kappa shape index (κ1) is 55.6. The molecule has 0 aromatic carbocycles. The van der Waals surface area contributed by atoms with Gasteiger partial charge < -0.3 is 24.0 Å². The van der Waals surface area contributed by atoms with Crippen LogP contribution in [0.25, 0.3) is 0 Å². The molecule has 0 spiro atoms. The van der Waals surface area contributed by atoms with Gasteiger partial charge in [0.05, 0.1) is 40.5 Å². The first-order chi connectivity index (χ1) is 27.9. The number of nitrogens with zero attached hydrogens (tertiary/aromatic N) is 1. The van der Waals surface area contributed by atoms with Crippen molar-refractivity contribution in [3.05, 3.63) is 85.1 Å². The minimum absolute atomic E-state index is 0.0644. The number of hydrogen-bond acceptors (Lipinski definition) is 7. The molecule has 0 aromatic heterocycles. The van der Waals surface area contributed by atoms with Gasteiger partial charge in [-0.25, -0.2) is 4.57 Å². The third-order valence-corrected chi connectivity index (χ3v) is 9.95. The maximum Gasteiger partial charge on any atom is 0.472 e. The van der Waals surface area contributed by atoms with Crippen LogP contribution in [0, 0.1) is 0 Å². The van der Waals surface area contributed by atoms with Crippen LogP contribution in [-0.4, -0.2) is 86.8 Å². The number of hydrogen-bond donors (Lipinski definition) is 2. The molecule has 0 fully saturated rings. The number of phosphoric ester groups is 1. The average molecular weight is 835 g/mol. The second kappa shape index (κ2) is 40.1. The number of likely N-dealkylation sites (N-methyl/N-ethyl adjacent to an activating group) is 1. The molecule has 0 saturated heterocycles. The lowest BCUT2D eigenvalue weighted by Crippen LogP contribution is -2.37. The van der Waals surface area contributed by atoms with Crippen LogP contribution in [0.15, 0.2) is 85.1 Å². The molecule has 0 saturated carbocycles. The molecule has 334 valence electrons. The Kier molecular flexibility index (Phi) is 38.4. The van der Waals surface area contributed by atoms with E-state index in [1.54, 1.807) is 13.0 Å². The van der Waals surface area contributed by atoms with Crippen molar-refractivity contribution in [1.29, 1.82) is 0 Å². The van der Waals surface area contributed by atoms with Crippen LogP contribution in [0.3, 0.4) is 0 Å². The number of allylic oxidation sites excluding steroid dienone is 13. The van der Waals surface area contributed by atoms with Crippen LogP contribution in [0.4, 0.5) is 0 Å². The summed E-state index contributed by atoms with van der Waals surface area (Å²) in [5.74, 6) is -0.409. The van der Waals surface area contributed by atoms with Gasteiger partial charge in [0.2, 0.25) is 0 Å². The van der Waals surface area contributed by atoms with E-state index in [1.807, 2.05) is 39.4 Å². The molecule has 0 aliphatic carbocycles. The van der Waals surface area contributed by atoms with Crippen molar-refractivity contribution >= 4 is 13.8 Å². The smallest absolute Gasteiger partial charge is 0.457 e. The molecule has 0 amide bonds. The molecular formula is C48H85NO8P+. The van der Waals surface area contributed by atoms with E-state index < -0.39 is 26.0 Å². The molecule has 0 aromatic rings. The first-order valence-corrected chi connectivity index (χ1v) is 23.9. The second-order valence-electron chi connectivity index (χ2n) is 16.0. The second-order valence-corrected chi connectivity index (χ2v) is 17.4. The number of esters is 1. The Morgan fingerprint density at radius 3 is 1.59 bits per heavy atom. The summed E-state index contributed by atoms with van der Waals surface area (Å²) in [6.07, 6.45) is 50.6. The SMILES string of the molecule is CCCCCCCC/C=C\CCCCCCCCOCC(COP(=O)(O)OCC[N+](C)(C)C)OC(=O)CC/C=C/C/C=C/C/C=C/C/C=C/C/C=C/C/C=C\C(C)O. The highest BCUT2D eigenvalue weighted by Crippen LogP contribution is 2.43. The molecule has 10 heteroatoms. The minimum Gasteiger partial charge on any atom is -0.457 e. The van der Waals surface area contributed by atoms with Gasteiger partial charge in [0, 0.05) is 13.0 Å². The van der Waals surface area contributed by atoms with Gasteiger partial charge in [-0.1, -0.05) is 150 Å². The zero-order valence-corrected chi connectivity index (χ0v) is 38.3. The number of aliphatic hydroxyl groups excluding tert-OH is 1. The molecule has 0 heterocycles. The van der Waals surface area contributed by atoms with Crippen LogP contribution in [-0.2, 0) is 27.9 Å². The van der Waals surface area contributed by atoms with E-state index >= 15 is 0 Å². The molecular weight excluding hydrogens is 750 g/mol. The number of carbonyl (C=O) groups is 1. The standard InChI is InChI=1S/C48H84NO8P/c1-6-7-8-9-10-11-12-13-14-20-23-26-29-32-35-38-42-54-44-47(45-56-58(52,53)55-43-41-49(3,4)5)57-48(51)40-37-34-31-28-25-22-19-17-15-16-18-21-24-27-30-33-36-39-46(2)50/h13-15,17-18,21-22,25,27,30-31,34,36,39,46-47,50H,6-12,16,19-20,23-24,26,28-29,32-33,35,37-38,40-45H2,1-5H3/p+1/b14-13-,17-15+,21-18+,25-22+,30-27+,34-31+,39-36-. The Hall–Kier alpha value is -2.36. The molecule has 3 unspecified atom stereocenters. The Morgan fingerprint density at radius 1 is 0.603 bits per heavy atom. The van der Waals surface area contributed by atoms with Crippen LogP contribution >= 0.6 is 7.82 Å². The quantitative estimate of drug-likeness (QED) is 0.0206.